The fourth-order valence-electron chi connectivity index (χ4n) is 1.81. The van der Waals surface area contributed by atoms with Crippen LogP contribution in [0.4, 0.5) is 4.79 Å². The number of urea groups is 1. The van der Waals surface area contributed by atoms with Crippen molar-refractivity contribution in [2.24, 2.45) is 17.6 Å². The standard InChI is InChI=1S/C11H18ClN3O2/c1-7-3-5-15(6-4-12)11(17)14-9(7)8(2)10(13)16/h3,5,7-9H,4,6H2,1-2H3,(H2,13,16)(H,14,17)/t7?,8-,9?/m0/s1. The first kappa shape index (κ1) is 13.8. The van der Waals surface area contributed by atoms with Gasteiger partial charge in [0.15, 0.2) is 0 Å². The van der Waals surface area contributed by atoms with Gasteiger partial charge in [-0.25, -0.2) is 4.79 Å². The summed E-state index contributed by atoms with van der Waals surface area (Å²) in [7, 11) is 0. The Labute approximate surface area is 106 Å². The van der Waals surface area contributed by atoms with Crippen LogP contribution in [-0.2, 0) is 4.79 Å². The number of hydrogen-bond acceptors (Lipinski definition) is 2. The number of carbonyl (C=O) groups is 2. The molecule has 0 aromatic carbocycles. The van der Waals surface area contributed by atoms with Crippen molar-refractivity contribution in [2.75, 3.05) is 12.4 Å². The van der Waals surface area contributed by atoms with Gasteiger partial charge in [0, 0.05) is 24.7 Å². The Hall–Kier alpha value is -1.23. The summed E-state index contributed by atoms with van der Waals surface area (Å²) in [5, 5.41) is 2.81. The van der Waals surface area contributed by atoms with Gasteiger partial charge < -0.3 is 16.0 Å². The van der Waals surface area contributed by atoms with E-state index in [0.29, 0.717) is 12.4 Å². The highest BCUT2D eigenvalue weighted by Crippen LogP contribution is 2.18. The lowest BCUT2D eigenvalue weighted by Crippen LogP contribution is -2.49. The highest BCUT2D eigenvalue weighted by Gasteiger charge is 2.30. The highest BCUT2D eigenvalue weighted by atomic mass is 35.5. The number of halogens is 1. The van der Waals surface area contributed by atoms with Crippen LogP contribution < -0.4 is 11.1 Å². The quantitative estimate of drug-likeness (QED) is 0.736. The monoisotopic (exact) mass is 259 g/mol. The van der Waals surface area contributed by atoms with Crippen LogP contribution in [0.5, 0.6) is 0 Å². The smallest absolute Gasteiger partial charge is 0.321 e. The molecule has 0 radical (unpaired) electrons. The van der Waals surface area contributed by atoms with E-state index in [1.54, 1.807) is 13.1 Å². The van der Waals surface area contributed by atoms with Crippen LogP contribution in [0.2, 0.25) is 0 Å². The molecule has 0 saturated carbocycles. The van der Waals surface area contributed by atoms with Crippen LogP contribution in [0, 0.1) is 11.8 Å². The van der Waals surface area contributed by atoms with E-state index in [2.05, 4.69) is 5.32 Å². The van der Waals surface area contributed by atoms with Gasteiger partial charge in [0.25, 0.3) is 0 Å². The average molecular weight is 260 g/mol. The predicted molar refractivity (Wildman–Crippen MR) is 66.4 cm³/mol. The van der Waals surface area contributed by atoms with Crippen LogP contribution in [0.25, 0.3) is 0 Å². The van der Waals surface area contributed by atoms with Gasteiger partial charge in [0.1, 0.15) is 0 Å². The Bertz CT molecular complexity index is 333. The zero-order chi connectivity index (χ0) is 13.0. The maximum Gasteiger partial charge on any atom is 0.321 e. The number of hydrogen-bond donors (Lipinski definition) is 2. The van der Waals surface area contributed by atoms with E-state index in [-0.39, 0.29) is 18.0 Å². The van der Waals surface area contributed by atoms with E-state index in [0.717, 1.165) is 0 Å². The molecule has 0 aromatic heterocycles. The molecule has 3 atom stereocenters. The van der Waals surface area contributed by atoms with Crippen molar-refractivity contribution in [3.05, 3.63) is 12.3 Å². The molecular formula is C11H18ClN3O2. The third-order valence-corrected chi connectivity index (χ3v) is 3.17. The summed E-state index contributed by atoms with van der Waals surface area (Å²) in [5.41, 5.74) is 5.27. The van der Waals surface area contributed by atoms with Crippen molar-refractivity contribution in [1.29, 1.82) is 0 Å². The van der Waals surface area contributed by atoms with Crippen LogP contribution >= 0.6 is 11.6 Å². The number of amides is 3. The number of nitrogens with one attached hydrogen (secondary N) is 1. The third-order valence-electron chi connectivity index (χ3n) is 3.00. The zero-order valence-corrected chi connectivity index (χ0v) is 10.8. The molecule has 6 heteroatoms. The largest absolute Gasteiger partial charge is 0.369 e. The van der Waals surface area contributed by atoms with Gasteiger partial charge in [-0.1, -0.05) is 19.9 Å². The molecule has 0 fully saturated rings. The summed E-state index contributed by atoms with van der Waals surface area (Å²) in [6.07, 6.45) is 3.59. The van der Waals surface area contributed by atoms with E-state index >= 15 is 0 Å². The average Bonchev–Trinajstić information content (AvgIpc) is 2.41. The van der Waals surface area contributed by atoms with Crippen LogP contribution in [0.1, 0.15) is 13.8 Å². The Kier molecular flexibility index (Phi) is 4.81. The molecule has 1 aliphatic rings. The molecule has 0 spiro atoms. The van der Waals surface area contributed by atoms with Crippen molar-refractivity contribution in [3.63, 3.8) is 0 Å². The Morgan fingerprint density at radius 1 is 1.71 bits per heavy atom. The molecule has 5 nitrogen and oxygen atoms in total. The summed E-state index contributed by atoms with van der Waals surface area (Å²) < 4.78 is 0. The third kappa shape index (κ3) is 3.36. The maximum absolute atomic E-state index is 11.8. The zero-order valence-electron chi connectivity index (χ0n) is 10.0. The molecule has 3 amide bonds. The van der Waals surface area contributed by atoms with E-state index in [4.69, 9.17) is 17.3 Å². The second kappa shape index (κ2) is 5.91. The molecule has 1 aliphatic heterocycles. The Morgan fingerprint density at radius 3 is 2.88 bits per heavy atom. The summed E-state index contributed by atoms with van der Waals surface area (Å²) in [6, 6.07) is -0.527. The number of nitrogens with zero attached hydrogens (tertiary/aromatic N) is 1. The molecule has 0 aliphatic carbocycles. The fraction of sp³-hybridized carbons (Fsp3) is 0.636. The molecule has 1 heterocycles. The van der Waals surface area contributed by atoms with Crippen molar-refractivity contribution in [2.45, 2.75) is 19.9 Å². The van der Waals surface area contributed by atoms with Crippen LogP contribution in [0.3, 0.4) is 0 Å². The van der Waals surface area contributed by atoms with Gasteiger partial charge in [-0.2, -0.15) is 0 Å². The first-order chi connectivity index (χ1) is 7.97. The van der Waals surface area contributed by atoms with Crippen molar-refractivity contribution < 1.29 is 9.59 Å². The minimum atomic E-state index is -0.415. The summed E-state index contributed by atoms with van der Waals surface area (Å²) in [4.78, 5) is 24.5. The fourth-order valence-corrected chi connectivity index (χ4v) is 1.99. The number of carbonyl (C=O) groups excluding carboxylic acids is 2. The molecule has 1 rings (SSSR count). The number of nitrogens with two attached hydrogens (primary N) is 1. The molecule has 96 valence electrons. The number of rotatable bonds is 4. The van der Waals surface area contributed by atoms with Crippen molar-refractivity contribution in [3.8, 4) is 0 Å². The molecule has 0 bridgehead atoms. The van der Waals surface area contributed by atoms with E-state index in [9.17, 15) is 9.59 Å². The second-order valence-corrected chi connectivity index (χ2v) is 4.63. The van der Waals surface area contributed by atoms with E-state index < -0.39 is 11.8 Å². The first-order valence-corrected chi connectivity index (χ1v) is 6.11. The van der Waals surface area contributed by atoms with Gasteiger partial charge in [-0.05, 0) is 5.92 Å². The van der Waals surface area contributed by atoms with E-state index in [1.165, 1.54) is 4.90 Å². The second-order valence-electron chi connectivity index (χ2n) is 4.25. The van der Waals surface area contributed by atoms with Gasteiger partial charge in [0.2, 0.25) is 5.91 Å². The normalized spacial score (nSPS) is 26.3. The highest BCUT2D eigenvalue weighted by molar-refractivity contribution is 6.18. The lowest BCUT2D eigenvalue weighted by Gasteiger charge is -2.26. The molecule has 0 aromatic rings. The molecular weight excluding hydrogens is 242 g/mol. The van der Waals surface area contributed by atoms with Crippen molar-refractivity contribution in [1.82, 2.24) is 10.2 Å². The van der Waals surface area contributed by atoms with Gasteiger partial charge in [-0.15, -0.1) is 11.6 Å². The van der Waals surface area contributed by atoms with Gasteiger partial charge in [0.05, 0.1) is 5.92 Å². The molecule has 2 unspecified atom stereocenters. The SMILES string of the molecule is CC1C=CN(CCCl)C(=O)NC1[C@H](C)C(N)=O. The topological polar surface area (TPSA) is 75.4 Å². The maximum atomic E-state index is 11.8. The first-order valence-electron chi connectivity index (χ1n) is 5.58. The lowest BCUT2D eigenvalue weighted by molar-refractivity contribution is -0.122. The summed E-state index contributed by atoms with van der Waals surface area (Å²) in [6.45, 7) is 4.09. The predicted octanol–water partition coefficient (Wildman–Crippen LogP) is 0.890. The van der Waals surface area contributed by atoms with Crippen LogP contribution in [-0.4, -0.2) is 35.3 Å². The minimum absolute atomic E-state index is 0.0433. The molecule has 0 saturated heterocycles. The molecule has 3 N–H and O–H groups in total. The van der Waals surface area contributed by atoms with Gasteiger partial charge >= 0.3 is 6.03 Å². The van der Waals surface area contributed by atoms with Crippen LogP contribution in [0.15, 0.2) is 12.3 Å². The summed E-state index contributed by atoms with van der Waals surface area (Å²) in [5.74, 6) is -0.417. The Morgan fingerprint density at radius 2 is 2.35 bits per heavy atom. The van der Waals surface area contributed by atoms with Crippen molar-refractivity contribution >= 4 is 23.5 Å². The summed E-state index contributed by atoms with van der Waals surface area (Å²) >= 11 is 5.61. The molecule has 17 heavy (non-hydrogen) atoms. The Balaban J connectivity index is 2.82. The van der Waals surface area contributed by atoms with E-state index in [1.807, 2.05) is 13.0 Å². The number of primary amides is 1. The van der Waals surface area contributed by atoms with Gasteiger partial charge in [-0.3, -0.25) is 4.79 Å². The lowest BCUT2D eigenvalue weighted by atomic mass is 9.90. The minimum Gasteiger partial charge on any atom is -0.369 e. The number of alkyl halides is 1.